The molecule has 0 radical (unpaired) electrons. The molecule has 1 aromatic heterocycles. The number of rotatable bonds is 4. The number of halogens is 4. The topological polar surface area (TPSA) is 60.2 Å². The highest BCUT2D eigenvalue weighted by molar-refractivity contribution is 9.10. The highest BCUT2D eigenvalue weighted by Crippen LogP contribution is 2.20. The van der Waals surface area contributed by atoms with Crippen LogP contribution in [0.1, 0.15) is 0 Å². The Kier molecular flexibility index (Phi) is 4.36. The lowest BCUT2D eigenvalue weighted by Gasteiger charge is -2.10. The zero-order valence-corrected chi connectivity index (χ0v) is 9.60. The van der Waals surface area contributed by atoms with Gasteiger partial charge in [-0.05, 0) is 22.0 Å². The van der Waals surface area contributed by atoms with Gasteiger partial charge in [-0.3, -0.25) is 4.74 Å². The zero-order chi connectivity index (χ0) is 12.2. The quantitative estimate of drug-likeness (QED) is 0.838. The molecule has 0 bridgehead atoms. The van der Waals surface area contributed by atoms with Crippen LogP contribution in [0.3, 0.4) is 0 Å². The molecule has 0 atom stereocenters. The molecular formula is C8H9BrF3N3O. The van der Waals surface area contributed by atoms with E-state index in [0.29, 0.717) is 16.0 Å². The molecule has 1 heterocycles. The van der Waals surface area contributed by atoms with Gasteiger partial charge in [0.2, 0.25) is 0 Å². The molecule has 1 aromatic rings. The first-order valence-corrected chi connectivity index (χ1v) is 5.03. The molecule has 0 aliphatic heterocycles. The van der Waals surface area contributed by atoms with E-state index < -0.39 is 13.0 Å². The SMILES string of the molecule is Nc1cc(Br)cnc1NCCOC(F)(F)F. The summed E-state index contributed by atoms with van der Waals surface area (Å²) >= 11 is 3.16. The third-order valence-corrected chi connectivity index (χ3v) is 1.98. The minimum Gasteiger partial charge on any atom is -0.396 e. The van der Waals surface area contributed by atoms with Gasteiger partial charge in [-0.1, -0.05) is 0 Å². The molecule has 3 N–H and O–H groups in total. The number of anilines is 2. The van der Waals surface area contributed by atoms with Crippen LogP contribution in [0.2, 0.25) is 0 Å². The average molecular weight is 300 g/mol. The van der Waals surface area contributed by atoms with Crippen molar-refractivity contribution in [2.45, 2.75) is 6.36 Å². The van der Waals surface area contributed by atoms with Crippen LogP contribution in [-0.2, 0) is 4.74 Å². The molecule has 0 saturated carbocycles. The molecule has 16 heavy (non-hydrogen) atoms. The first kappa shape index (κ1) is 13.0. The normalized spacial score (nSPS) is 11.5. The molecule has 0 amide bonds. The van der Waals surface area contributed by atoms with Gasteiger partial charge in [-0.25, -0.2) is 4.98 Å². The zero-order valence-electron chi connectivity index (χ0n) is 8.01. The lowest BCUT2D eigenvalue weighted by molar-refractivity contribution is -0.322. The summed E-state index contributed by atoms with van der Waals surface area (Å²) in [4.78, 5) is 3.89. The molecule has 0 aliphatic rings. The molecule has 1 rings (SSSR count). The van der Waals surface area contributed by atoms with Gasteiger partial charge < -0.3 is 11.1 Å². The van der Waals surface area contributed by atoms with Crippen LogP contribution >= 0.6 is 15.9 Å². The van der Waals surface area contributed by atoms with Crippen molar-refractivity contribution < 1.29 is 17.9 Å². The number of hydrogen-bond donors (Lipinski definition) is 2. The van der Waals surface area contributed by atoms with Crippen LogP contribution in [0, 0.1) is 0 Å². The van der Waals surface area contributed by atoms with Crippen molar-refractivity contribution in [2.75, 3.05) is 24.2 Å². The van der Waals surface area contributed by atoms with Gasteiger partial charge in [-0.2, -0.15) is 0 Å². The van der Waals surface area contributed by atoms with Crippen molar-refractivity contribution >= 4 is 27.4 Å². The van der Waals surface area contributed by atoms with Crippen LogP contribution in [0.5, 0.6) is 0 Å². The van der Waals surface area contributed by atoms with Gasteiger partial charge in [0.05, 0.1) is 12.3 Å². The van der Waals surface area contributed by atoms with Gasteiger partial charge in [0.15, 0.2) is 0 Å². The summed E-state index contributed by atoms with van der Waals surface area (Å²) in [5.74, 6) is 0.328. The number of nitrogen functional groups attached to an aromatic ring is 1. The third kappa shape index (κ3) is 4.67. The van der Waals surface area contributed by atoms with E-state index in [2.05, 4.69) is 31.0 Å². The standard InChI is InChI=1S/C8H9BrF3N3O/c9-5-3-6(13)7(15-4-5)14-1-2-16-8(10,11)12/h3-4H,1-2,13H2,(H,14,15). The molecule has 8 heteroatoms. The summed E-state index contributed by atoms with van der Waals surface area (Å²) in [6.07, 6.45) is -3.12. The maximum atomic E-state index is 11.6. The summed E-state index contributed by atoms with van der Waals surface area (Å²) in [5.41, 5.74) is 5.92. The Morgan fingerprint density at radius 3 is 2.75 bits per heavy atom. The fourth-order valence-corrected chi connectivity index (χ4v) is 1.29. The number of ether oxygens (including phenoxy) is 1. The summed E-state index contributed by atoms with van der Waals surface area (Å²) in [6.45, 7) is -0.529. The van der Waals surface area contributed by atoms with Gasteiger partial charge in [-0.15, -0.1) is 13.2 Å². The van der Waals surface area contributed by atoms with E-state index in [-0.39, 0.29) is 6.54 Å². The number of nitrogens with two attached hydrogens (primary N) is 1. The van der Waals surface area contributed by atoms with Crippen molar-refractivity contribution in [2.24, 2.45) is 0 Å². The maximum absolute atomic E-state index is 11.6. The molecule has 0 spiro atoms. The maximum Gasteiger partial charge on any atom is 0.522 e. The predicted molar refractivity (Wildman–Crippen MR) is 56.8 cm³/mol. The van der Waals surface area contributed by atoms with E-state index in [1.165, 1.54) is 6.20 Å². The molecule has 0 aromatic carbocycles. The molecule has 90 valence electrons. The Morgan fingerprint density at radius 1 is 1.50 bits per heavy atom. The van der Waals surface area contributed by atoms with Crippen LogP contribution in [-0.4, -0.2) is 24.5 Å². The van der Waals surface area contributed by atoms with Crippen molar-refractivity contribution in [3.05, 3.63) is 16.7 Å². The summed E-state index contributed by atoms with van der Waals surface area (Å²) < 4.78 is 39.1. The van der Waals surface area contributed by atoms with Gasteiger partial charge in [0, 0.05) is 17.2 Å². The van der Waals surface area contributed by atoms with Gasteiger partial charge >= 0.3 is 6.36 Å². The number of nitrogens with one attached hydrogen (secondary N) is 1. The fourth-order valence-electron chi connectivity index (χ4n) is 0.939. The smallest absolute Gasteiger partial charge is 0.396 e. The summed E-state index contributed by atoms with van der Waals surface area (Å²) in [5, 5.41) is 2.63. The van der Waals surface area contributed by atoms with Crippen LogP contribution < -0.4 is 11.1 Å². The minimum atomic E-state index is -4.61. The monoisotopic (exact) mass is 299 g/mol. The highest BCUT2D eigenvalue weighted by Gasteiger charge is 2.28. The molecule has 0 aliphatic carbocycles. The Bertz CT molecular complexity index is 359. The van der Waals surface area contributed by atoms with Gasteiger partial charge in [0.1, 0.15) is 5.82 Å². The van der Waals surface area contributed by atoms with Crippen LogP contribution in [0.4, 0.5) is 24.7 Å². The fraction of sp³-hybridized carbons (Fsp3) is 0.375. The Balaban J connectivity index is 2.38. The minimum absolute atomic E-state index is 0.0294. The molecular weight excluding hydrogens is 291 g/mol. The lowest BCUT2D eigenvalue weighted by atomic mass is 10.4. The molecule has 0 saturated heterocycles. The predicted octanol–water partition coefficient (Wildman–Crippen LogP) is 2.37. The Hall–Kier alpha value is -1.02. The highest BCUT2D eigenvalue weighted by atomic mass is 79.9. The largest absolute Gasteiger partial charge is 0.522 e. The van der Waals surface area contributed by atoms with E-state index in [1.807, 2.05) is 0 Å². The third-order valence-electron chi connectivity index (χ3n) is 1.54. The molecule has 0 fully saturated rings. The van der Waals surface area contributed by atoms with Crippen molar-refractivity contribution in [1.82, 2.24) is 4.98 Å². The van der Waals surface area contributed by atoms with E-state index in [9.17, 15) is 13.2 Å². The number of pyridine rings is 1. The second kappa shape index (κ2) is 5.35. The summed E-state index contributed by atoms with van der Waals surface area (Å²) in [7, 11) is 0. The number of alkyl halides is 3. The molecule has 0 unspecified atom stereocenters. The first-order valence-electron chi connectivity index (χ1n) is 4.24. The Morgan fingerprint density at radius 2 is 2.19 bits per heavy atom. The van der Waals surface area contributed by atoms with Crippen molar-refractivity contribution in [3.63, 3.8) is 0 Å². The first-order chi connectivity index (χ1) is 7.38. The molecule has 4 nitrogen and oxygen atoms in total. The second-order valence-electron chi connectivity index (χ2n) is 2.81. The number of nitrogens with zero attached hydrogens (tertiary/aromatic N) is 1. The number of hydrogen-bond acceptors (Lipinski definition) is 4. The number of aromatic nitrogens is 1. The average Bonchev–Trinajstić information content (AvgIpc) is 2.13. The van der Waals surface area contributed by atoms with Crippen molar-refractivity contribution in [1.29, 1.82) is 0 Å². The Labute approximate surface area is 98.1 Å². The van der Waals surface area contributed by atoms with E-state index >= 15 is 0 Å². The van der Waals surface area contributed by atoms with E-state index in [4.69, 9.17) is 5.73 Å². The summed E-state index contributed by atoms with van der Waals surface area (Å²) in [6, 6.07) is 1.60. The van der Waals surface area contributed by atoms with E-state index in [1.54, 1.807) is 6.07 Å². The van der Waals surface area contributed by atoms with Crippen molar-refractivity contribution in [3.8, 4) is 0 Å². The van der Waals surface area contributed by atoms with Crippen LogP contribution in [0.25, 0.3) is 0 Å². The van der Waals surface area contributed by atoms with Gasteiger partial charge in [0.25, 0.3) is 0 Å². The second-order valence-corrected chi connectivity index (χ2v) is 3.73. The van der Waals surface area contributed by atoms with Crippen LogP contribution in [0.15, 0.2) is 16.7 Å². The van der Waals surface area contributed by atoms with E-state index in [0.717, 1.165) is 0 Å². The lowest BCUT2D eigenvalue weighted by Crippen LogP contribution is -2.19.